The van der Waals surface area contributed by atoms with Gasteiger partial charge in [0.1, 0.15) is 0 Å². The zero-order chi connectivity index (χ0) is 8.81. The van der Waals surface area contributed by atoms with E-state index >= 15 is 0 Å². The van der Waals surface area contributed by atoms with E-state index in [9.17, 15) is 4.79 Å². The Morgan fingerprint density at radius 2 is 2.25 bits per heavy atom. The van der Waals surface area contributed by atoms with E-state index in [2.05, 4.69) is 20.3 Å². The summed E-state index contributed by atoms with van der Waals surface area (Å²) in [6.45, 7) is 4.13. The van der Waals surface area contributed by atoms with E-state index in [1.165, 1.54) is 7.11 Å². The van der Waals surface area contributed by atoms with Crippen molar-refractivity contribution < 1.29 is 9.53 Å². The minimum Gasteiger partial charge on any atom is -0.453 e. The van der Waals surface area contributed by atoms with Crippen molar-refractivity contribution in [3.63, 3.8) is 0 Å². The van der Waals surface area contributed by atoms with Gasteiger partial charge in [-0.2, -0.15) is 0 Å². The molecule has 69 valence electrons. The van der Waals surface area contributed by atoms with Crippen LogP contribution in [0.25, 0.3) is 0 Å². The van der Waals surface area contributed by atoms with Crippen LogP contribution in [0.2, 0.25) is 0 Å². The lowest BCUT2D eigenvalue weighted by atomic mass is 10.4. The second-order valence-corrected chi connectivity index (χ2v) is 2.62. The summed E-state index contributed by atoms with van der Waals surface area (Å²) in [5.74, 6) is 0. The summed E-state index contributed by atoms with van der Waals surface area (Å²) in [5.41, 5.74) is 0. The third-order valence-electron chi connectivity index (χ3n) is 1.78. The summed E-state index contributed by atoms with van der Waals surface area (Å²) in [4.78, 5) is 12.8. The van der Waals surface area contributed by atoms with Crippen molar-refractivity contribution in [3.8, 4) is 0 Å². The predicted molar refractivity (Wildman–Crippen MR) is 43.8 cm³/mol. The fourth-order valence-electron chi connectivity index (χ4n) is 1.05. The van der Waals surface area contributed by atoms with E-state index in [1.54, 1.807) is 0 Å². The number of rotatable bonds is 2. The lowest BCUT2D eigenvalue weighted by Gasteiger charge is -2.25. The topological polar surface area (TPSA) is 55.7 Å². The molecule has 1 amide bonds. The Kier molecular flexibility index (Phi) is 3.83. The van der Waals surface area contributed by atoms with E-state index in [1.807, 2.05) is 0 Å². The van der Waals surface area contributed by atoms with Gasteiger partial charge in [0.05, 0.1) is 13.8 Å². The van der Waals surface area contributed by atoms with Crippen molar-refractivity contribution >= 4 is 6.09 Å². The molecule has 0 aromatic rings. The zero-order valence-electron chi connectivity index (χ0n) is 7.25. The van der Waals surface area contributed by atoms with Crippen LogP contribution in [0.4, 0.5) is 4.79 Å². The van der Waals surface area contributed by atoms with Crippen LogP contribution in [0.1, 0.15) is 0 Å². The monoisotopic (exact) mass is 172 g/mol. The van der Waals surface area contributed by atoms with Gasteiger partial charge in [0.15, 0.2) is 0 Å². The lowest BCUT2D eigenvalue weighted by molar-refractivity contribution is 0.155. The number of carbonyl (C=O) groups is 1. The number of hydrogen-bond acceptors (Lipinski definition) is 3. The summed E-state index contributed by atoms with van der Waals surface area (Å²) in [5, 5.41) is 6.81. The highest BCUT2D eigenvalue weighted by Crippen LogP contribution is 1.90. The van der Waals surface area contributed by atoms with Crippen molar-refractivity contribution in [2.75, 3.05) is 40.0 Å². The van der Waals surface area contributed by atoms with E-state index in [4.69, 9.17) is 0 Å². The molecule has 0 aliphatic carbocycles. The lowest BCUT2D eigenvalue weighted by Crippen LogP contribution is -2.46. The number of nitrogens with zero attached hydrogens (tertiary/aromatic N) is 2. The molecule has 1 saturated heterocycles. The van der Waals surface area contributed by atoms with Crippen molar-refractivity contribution in [2.24, 2.45) is 0 Å². The van der Waals surface area contributed by atoms with Crippen LogP contribution in [0.15, 0.2) is 0 Å². The molecule has 1 N–H and O–H groups in total. The normalized spacial score (nSPS) is 18.8. The molecule has 0 spiro atoms. The van der Waals surface area contributed by atoms with Crippen molar-refractivity contribution in [1.29, 1.82) is 0 Å². The number of piperazine rings is 1. The van der Waals surface area contributed by atoms with Gasteiger partial charge in [-0.25, -0.2) is 10.1 Å². The molecule has 0 aromatic carbocycles. The van der Waals surface area contributed by atoms with Crippen LogP contribution < -0.4 is 10.6 Å². The van der Waals surface area contributed by atoms with E-state index < -0.39 is 0 Å². The summed E-state index contributed by atoms with van der Waals surface area (Å²) in [7, 11) is 1.36. The average molecular weight is 172 g/mol. The first-order chi connectivity index (χ1) is 5.83. The molecular weight excluding hydrogens is 158 g/mol. The van der Waals surface area contributed by atoms with Crippen LogP contribution in [-0.2, 0) is 4.74 Å². The Labute approximate surface area is 72.1 Å². The Bertz CT molecular complexity index is 146. The van der Waals surface area contributed by atoms with Gasteiger partial charge in [-0.05, 0) is 0 Å². The van der Waals surface area contributed by atoms with Crippen LogP contribution in [0, 0.1) is 0 Å². The standard InChI is InChI=1S/C7H14N3O2/c1-12-7(11)9-6-10-4-2-8-3-5-10/h2-6H2,1H3,(H,9,11). The number of nitrogens with one attached hydrogen (secondary N) is 1. The summed E-state index contributed by atoms with van der Waals surface area (Å²) in [6.07, 6.45) is -0.377. The molecule has 1 rings (SSSR count). The van der Waals surface area contributed by atoms with Crippen LogP contribution in [0.5, 0.6) is 0 Å². The summed E-state index contributed by atoms with van der Waals surface area (Å²) < 4.78 is 4.44. The van der Waals surface area contributed by atoms with Gasteiger partial charge in [-0.15, -0.1) is 0 Å². The highest BCUT2D eigenvalue weighted by atomic mass is 16.5. The fraction of sp³-hybridized carbons (Fsp3) is 0.857. The second-order valence-electron chi connectivity index (χ2n) is 2.62. The van der Waals surface area contributed by atoms with Gasteiger partial charge >= 0.3 is 6.09 Å². The van der Waals surface area contributed by atoms with Gasteiger partial charge in [0.2, 0.25) is 0 Å². The minimum absolute atomic E-state index is 0.377. The summed E-state index contributed by atoms with van der Waals surface area (Å²) >= 11 is 0. The first kappa shape index (κ1) is 9.28. The molecule has 5 heteroatoms. The molecule has 1 aliphatic rings. The second kappa shape index (κ2) is 4.95. The molecule has 1 radical (unpaired) electrons. The Morgan fingerprint density at radius 3 is 2.83 bits per heavy atom. The van der Waals surface area contributed by atoms with Crippen molar-refractivity contribution in [2.45, 2.75) is 0 Å². The molecule has 0 bridgehead atoms. The first-order valence-electron chi connectivity index (χ1n) is 4.00. The Balaban J connectivity index is 2.09. The molecule has 1 aliphatic heterocycles. The third kappa shape index (κ3) is 3.06. The first-order valence-corrected chi connectivity index (χ1v) is 4.00. The molecule has 12 heavy (non-hydrogen) atoms. The minimum atomic E-state index is -0.377. The predicted octanol–water partition coefficient (Wildman–Crippen LogP) is -0.780. The number of carbonyl (C=O) groups excluding carboxylic acids is 1. The Hall–Kier alpha value is -0.810. The highest BCUT2D eigenvalue weighted by Gasteiger charge is 2.10. The molecule has 5 nitrogen and oxygen atoms in total. The summed E-state index contributed by atoms with van der Waals surface area (Å²) in [6, 6.07) is 0. The smallest absolute Gasteiger partial charge is 0.407 e. The number of alkyl carbamates (subject to hydrolysis) is 1. The van der Waals surface area contributed by atoms with Gasteiger partial charge in [0.25, 0.3) is 0 Å². The van der Waals surface area contributed by atoms with E-state index in [0.29, 0.717) is 6.67 Å². The maximum absolute atomic E-state index is 10.7. The molecular formula is C7H14N3O2. The number of ether oxygens (including phenoxy) is 1. The van der Waals surface area contributed by atoms with Crippen LogP contribution in [0.3, 0.4) is 0 Å². The fourth-order valence-corrected chi connectivity index (χ4v) is 1.05. The van der Waals surface area contributed by atoms with Crippen LogP contribution in [-0.4, -0.2) is 51.0 Å². The van der Waals surface area contributed by atoms with Gasteiger partial charge in [-0.3, -0.25) is 4.90 Å². The molecule has 0 unspecified atom stereocenters. The average Bonchev–Trinajstić information content (AvgIpc) is 2.16. The van der Waals surface area contributed by atoms with Gasteiger partial charge < -0.3 is 10.1 Å². The van der Waals surface area contributed by atoms with Gasteiger partial charge in [-0.1, -0.05) is 0 Å². The van der Waals surface area contributed by atoms with Crippen LogP contribution >= 0.6 is 0 Å². The quantitative estimate of drug-likeness (QED) is 0.594. The maximum atomic E-state index is 10.7. The molecule has 0 aromatic heterocycles. The number of amides is 1. The number of methoxy groups -OCH3 is 1. The SMILES string of the molecule is COC(=O)NCN1CC[N]CC1. The van der Waals surface area contributed by atoms with E-state index in [0.717, 1.165) is 26.2 Å². The Morgan fingerprint density at radius 1 is 1.58 bits per heavy atom. The largest absolute Gasteiger partial charge is 0.453 e. The molecule has 1 heterocycles. The number of hydrogen-bond donors (Lipinski definition) is 1. The zero-order valence-corrected chi connectivity index (χ0v) is 7.25. The molecule has 1 fully saturated rings. The maximum Gasteiger partial charge on any atom is 0.407 e. The van der Waals surface area contributed by atoms with Crippen molar-refractivity contribution in [3.05, 3.63) is 0 Å². The van der Waals surface area contributed by atoms with Crippen molar-refractivity contribution in [1.82, 2.24) is 15.5 Å². The van der Waals surface area contributed by atoms with Gasteiger partial charge in [0, 0.05) is 26.2 Å². The molecule has 0 atom stereocenters. The molecule has 0 saturated carbocycles. The van der Waals surface area contributed by atoms with E-state index in [-0.39, 0.29) is 6.09 Å². The third-order valence-corrected chi connectivity index (χ3v) is 1.78. The highest BCUT2D eigenvalue weighted by molar-refractivity contribution is 5.66.